The van der Waals surface area contributed by atoms with Crippen molar-refractivity contribution < 1.29 is 32.2 Å². The monoisotopic (exact) mass is 629 g/mol. The Balaban J connectivity index is 0.00000111. The van der Waals surface area contributed by atoms with Crippen LogP contribution in [0, 0.1) is 6.92 Å². The molecule has 1 N–H and O–H groups in total. The Hall–Kier alpha value is -3.90. The first-order valence-corrected chi connectivity index (χ1v) is 15.4. The van der Waals surface area contributed by atoms with Crippen LogP contribution < -0.4 is 19.9 Å². The predicted octanol–water partition coefficient (Wildman–Crippen LogP) is 7.68. The quantitative estimate of drug-likeness (QED) is 0.310. The van der Waals surface area contributed by atoms with Crippen LogP contribution in [0.2, 0.25) is 0 Å². The van der Waals surface area contributed by atoms with Crippen molar-refractivity contribution in [1.82, 2.24) is 9.97 Å². The Kier molecular flexibility index (Phi) is 10.6. The van der Waals surface area contributed by atoms with Gasteiger partial charge in [0.1, 0.15) is 24.3 Å². The molecule has 6 rings (SSSR count). The second-order valence-electron chi connectivity index (χ2n) is 10.9. The molecule has 2 aromatic heterocycles. The zero-order valence-electron chi connectivity index (χ0n) is 26.9. The van der Waals surface area contributed by atoms with Crippen LogP contribution in [-0.4, -0.2) is 60.2 Å². The zero-order valence-corrected chi connectivity index (χ0v) is 26.9. The summed E-state index contributed by atoms with van der Waals surface area (Å²) in [6.07, 6.45) is -2.42. The molecule has 3 aliphatic rings. The van der Waals surface area contributed by atoms with Crippen molar-refractivity contribution in [3.8, 4) is 17.0 Å². The van der Waals surface area contributed by atoms with E-state index in [1.807, 2.05) is 54.5 Å². The van der Waals surface area contributed by atoms with Gasteiger partial charge in [0.05, 0.1) is 29.6 Å². The fourth-order valence-electron chi connectivity index (χ4n) is 5.51. The maximum atomic E-state index is 13.7. The maximum absolute atomic E-state index is 13.7. The maximum Gasteiger partial charge on any atom is 0.416 e. The van der Waals surface area contributed by atoms with E-state index in [4.69, 9.17) is 19.2 Å². The minimum absolute atomic E-state index is 0.144. The number of hydrogen-bond donors (Lipinski definition) is 1. The van der Waals surface area contributed by atoms with Crippen molar-refractivity contribution >= 4 is 23.4 Å². The summed E-state index contributed by atoms with van der Waals surface area (Å²) < 4.78 is 57.4. The molecule has 1 aromatic carbocycles. The van der Waals surface area contributed by atoms with E-state index in [1.165, 1.54) is 12.3 Å². The number of alkyl halides is 3. The number of aryl methyl sites for hydroxylation is 1. The van der Waals surface area contributed by atoms with Gasteiger partial charge in [-0.2, -0.15) is 13.2 Å². The highest BCUT2D eigenvalue weighted by Gasteiger charge is 2.41. The average molecular weight is 630 g/mol. The van der Waals surface area contributed by atoms with E-state index < -0.39 is 23.6 Å². The number of rotatable bonds is 5. The molecule has 45 heavy (non-hydrogen) atoms. The molecule has 0 unspecified atom stereocenters. The lowest BCUT2D eigenvalue weighted by Crippen LogP contribution is -2.48. The molecule has 2 atom stereocenters. The number of fused-ring (bicyclic) bond motifs is 4. The highest BCUT2D eigenvalue weighted by Crippen LogP contribution is 2.42. The number of amides is 2. The Labute approximate surface area is 262 Å². The van der Waals surface area contributed by atoms with Crippen molar-refractivity contribution in [3.63, 3.8) is 0 Å². The van der Waals surface area contributed by atoms with Crippen LogP contribution in [-0.2, 0) is 15.7 Å². The fourth-order valence-corrected chi connectivity index (χ4v) is 5.51. The molecule has 2 saturated heterocycles. The Morgan fingerprint density at radius 1 is 1.13 bits per heavy atom. The van der Waals surface area contributed by atoms with E-state index >= 15 is 0 Å². The summed E-state index contributed by atoms with van der Waals surface area (Å²) in [7, 11) is 0. The summed E-state index contributed by atoms with van der Waals surface area (Å²) in [6.45, 7) is 15.6. The molecule has 0 aliphatic carbocycles. The lowest BCUT2D eigenvalue weighted by Gasteiger charge is -2.36. The van der Waals surface area contributed by atoms with Gasteiger partial charge in [-0.25, -0.2) is 14.8 Å². The minimum atomic E-state index is -4.48. The van der Waals surface area contributed by atoms with E-state index in [2.05, 4.69) is 15.2 Å². The number of urea groups is 1. The molecule has 0 saturated carbocycles. The zero-order chi connectivity index (χ0) is 32.9. The number of aromatic nitrogens is 2. The van der Waals surface area contributed by atoms with Crippen LogP contribution in [0.1, 0.15) is 59.1 Å². The van der Waals surface area contributed by atoms with Crippen molar-refractivity contribution in [2.24, 2.45) is 0 Å². The molecule has 2 amide bonds. The summed E-state index contributed by atoms with van der Waals surface area (Å²) in [5, 5.41) is 2.85. The third-order valence-corrected chi connectivity index (χ3v) is 7.42. The largest absolute Gasteiger partial charge is 0.491 e. The Morgan fingerprint density at radius 2 is 1.89 bits per heavy atom. The number of nitrogens with zero attached hydrogens (tertiary/aromatic N) is 4. The number of carbonyl (C=O) groups is 1. The van der Waals surface area contributed by atoms with Crippen LogP contribution in [0.15, 0.2) is 48.7 Å². The number of nitrogens with one attached hydrogen (secondary N) is 1. The Bertz CT molecular complexity index is 1480. The normalized spacial score (nSPS) is 19.5. The van der Waals surface area contributed by atoms with Crippen LogP contribution >= 0.6 is 0 Å². The standard InChI is InChI=1S/C29H30F3N5O4.2C2H6/c1-17-11-23-26(35-25(17)18-5-4-6-19(12-18)29(30,31)32)37(20-8-10-36(23)14-20)27(38)34-24-13-21(7-9-33-24)39-15-22-16-40-28(2,3)41-22;2*1-2/h4-7,9,11-13,20,22H,8,10,14-16H2,1-3H3,(H,33,34,38);2*1-2H3/t20-,22+;;/m0../s1. The fraction of sp³-hybridized carbons (Fsp3) is 0.485. The van der Waals surface area contributed by atoms with Crippen molar-refractivity contribution in [2.45, 2.75) is 79.0 Å². The topological polar surface area (TPSA) is 89.1 Å². The average Bonchev–Trinajstić information content (AvgIpc) is 3.61. The highest BCUT2D eigenvalue weighted by molar-refractivity contribution is 6.04. The molecule has 0 spiro atoms. The molecule has 2 bridgehead atoms. The molecule has 5 heterocycles. The van der Waals surface area contributed by atoms with E-state index in [0.717, 1.165) is 36.3 Å². The number of pyridine rings is 2. The lowest BCUT2D eigenvalue weighted by molar-refractivity contribution is -0.141. The smallest absolute Gasteiger partial charge is 0.416 e. The Morgan fingerprint density at radius 3 is 2.58 bits per heavy atom. The number of halogens is 3. The predicted molar refractivity (Wildman–Crippen MR) is 169 cm³/mol. The third kappa shape index (κ3) is 7.67. The van der Waals surface area contributed by atoms with Crippen LogP contribution in [0.25, 0.3) is 11.3 Å². The van der Waals surface area contributed by atoms with Gasteiger partial charge in [-0.3, -0.25) is 10.2 Å². The number of anilines is 3. The SMILES string of the molecule is CC.CC.Cc1cc2c(nc1-c1cccc(C(F)(F)F)c1)N(C(=O)Nc1cc(OC[C@@H]3COC(C)(C)O3)ccn1)[C@H]1CCN2C1. The summed E-state index contributed by atoms with van der Waals surface area (Å²) in [4.78, 5) is 26.5. The van der Waals surface area contributed by atoms with E-state index in [0.29, 0.717) is 41.8 Å². The van der Waals surface area contributed by atoms with Gasteiger partial charge in [-0.15, -0.1) is 0 Å². The van der Waals surface area contributed by atoms with E-state index in [9.17, 15) is 18.0 Å². The van der Waals surface area contributed by atoms with Gasteiger partial charge in [0, 0.05) is 30.9 Å². The molecular formula is C33H42F3N5O4. The molecule has 2 fully saturated rings. The van der Waals surface area contributed by atoms with Gasteiger partial charge < -0.3 is 19.1 Å². The van der Waals surface area contributed by atoms with Crippen LogP contribution in [0.4, 0.5) is 35.3 Å². The number of hydrogen-bond acceptors (Lipinski definition) is 7. The highest BCUT2D eigenvalue weighted by atomic mass is 19.4. The lowest BCUT2D eigenvalue weighted by atomic mass is 10.0. The second kappa shape index (κ2) is 14.0. The molecule has 12 heteroatoms. The van der Waals surface area contributed by atoms with E-state index in [1.54, 1.807) is 23.1 Å². The van der Waals surface area contributed by atoms with Crippen LogP contribution in [0.3, 0.4) is 0 Å². The number of benzene rings is 1. The van der Waals surface area contributed by atoms with Crippen molar-refractivity contribution in [2.75, 3.05) is 41.4 Å². The van der Waals surface area contributed by atoms with Gasteiger partial charge >= 0.3 is 12.2 Å². The second-order valence-corrected chi connectivity index (χ2v) is 10.9. The molecule has 3 aromatic rings. The minimum Gasteiger partial charge on any atom is -0.491 e. The van der Waals surface area contributed by atoms with Gasteiger partial charge in [0.2, 0.25) is 0 Å². The number of carbonyl (C=O) groups excluding carboxylic acids is 1. The molecular weight excluding hydrogens is 587 g/mol. The first-order chi connectivity index (χ1) is 21.5. The molecule has 3 aliphatic heterocycles. The van der Waals surface area contributed by atoms with Gasteiger partial charge in [-0.05, 0) is 57.0 Å². The van der Waals surface area contributed by atoms with E-state index in [-0.39, 0.29) is 18.8 Å². The van der Waals surface area contributed by atoms with Gasteiger partial charge in [-0.1, -0.05) is 39.8 Å². The third-order valence-electron chi connectivity index (χ3n) is 7.42. The van der Waals surface area contributed by atoms with Gasteiger partial charge in [0.15, 0.2) is 11.6 Å². The van der Waals surface area contributed by atoms with Crippen molar-refractivity contribution in [1.29, 1.82) is 0 Å². The molecule has 0 radical (unpaired) electrons. The first-order valence-electron chi connectivity index (χ1n) is 15.4. The summed E-state index contributed by atoms with van der Waals surface area (Å²) in [5.74, 6) is 0.557. The summed E-state index contributed by atoms with van der Waals surface area (Å²) in [6, 6.07) is 9.71. The number of ether oxygens (including phenoxy) is 3. The summed E-state index contributed by atoms with van der Waals surface area (Å²) in [5.41, 5.74) is 1.47. The molecule has 244 valence electrons. The molecule has 9 nitrogen and oxygen atoms in total. The first kappa shape index (κ1) is 34.0. The van der Waals surface area contributed by atoms with Crippen molar-refractivity contribution in [3.05, 3.63) is 59.8 Å². The van der Waals surface area contributed by atoms with Crippen LogP contribution in [0.5, 0.6) is 5.75 Å². The summed E-state index contributed by atoms with van der Waals surface area (Å²) >= 11 is 0. The van der Waals surface area contributed by atoms with Gasteiger partial charge in [0.25, 0.3) is 0 Å².